The van der Waals surface area contributed by atoms with Gasteiger partial charge in [0, 0.05) is 19.3 Å². The molecule has 0 fully saturated rings. The number of hydrogen-bond donors (Lipinski definition) is 1. The summed E-state index contributed by atoms with van der Waals surface area (Å²) < 4.78 is 2.25. The summed E-state index contributed by atoms with van der Waals surface area (Å²) in [5.41, 5.74) is 1.31. The predicted molar refractivity (Wildman–Crippen MR) is 86.8 cm³/mol. The van der Waals surface area contributed by atoms with Crippen LogP contribution in [-0.4, -0.2) is 16.1 Å². The third-order valence-corrected chi connectivity index (χ3v) is 3.78. The second-order valence-electron chi connectivity index (χ2n) is 5.73. The van der Waals surface area contributed by atoms with E-state index < -0.39 is 0 Å². The normalized spacial score (nSPS) is 11.1. The van der Waals surface area contributed by atoms with Crippen molar-refractivity contribution in [1.29, 1.82) is 0 Å². The third-order valence-electron chi connectivity index (χ3n) is 3.78. The smallest absolute Gasteiger partial charge is 0.0948 e. The summed E-state index contributed by atoms with van der Waals surface area (Å²) in [6.45, 7) is 7.65. The van der Waals surface area contributed by atoms with Gasteiger partial charge in [-0.15, -0.1) is 0 Å². The number of imidazole rings is 1. The number of aryl methyl sites for hydroxylation is 1. The van der Waals surface area contributed by atoms with Gasteiger partial charge < -0.3 is 9.88 Å². The molecule has 0 aliphatic carbocycles. The number of hydrogen-bond acceptors (Lipinski definition) is 2. The first kappa shape index (κ1) is 17.2. The summed E-state index contributed by atoms with van der Waals surface area (Å²) >= 11 is 0. The van der Waals surface area contributed by atoms with Crippen LogP contribution in [0, 0.1) is 0 Å². The number of nitrogens with zero attached hydrogens (tertiary/aromatic N) is 2. The molecule has 1 aromatic rings. The summed E-state index contributed by atoms with van der Waals surface area (Å²) in [5.74, 6) is 0. The first-order chi connectivity index (χ1) is 9.88. The molecule has 1 heterocycles. The van der Waals surface area contributed by atoms with Crippen LogP contribution in [0.1, 0.15) is 77.3 Å². The molecule has 0 saturated heterocycles. The summed E-state index contributed by atoms with van der Waals surface area (Å²) in [4.78, 5) is 4.23. The minimum Gasteiger partial charge on any atom is -0.333 e. The largest absolute Gasteiger partial charge is 0.333 e. The van der Waals surface area contributed by atoms with Crippen LogP contribution in [0.3, 0.4) is 0 Å². The highest BCUT2D eigenvalue weighted by Gasteiger charge is 2.00. The van der Waals surface area contributed by atoms with Gasteiger partial charge >= 0.3 is 0 Å². The second kappa shape index (κ2) is 12.0. The molecule has 1 aromatic heterocycles. The average molecular weight is 279 g/mol. The molecule has 116 valence electrons. The van der Waals surface area contributed by atoms with Crippen molar-refractivity contribution in [2.75, 3.05) is 6.54 Å². The fourth-order valence-electron chi connectivity index (χ4n) is 2.54. The highest BCUT2D eigenvalue weighted by Crippen LogP contribution is 2.08. The van der Waals surface area contributed by atoms with E-state index in [1.54, 1.807) is 0 Å². The SMILES string of the molecule is CCCCCCCCCCNCc1cncn1CCC. The molecule has 0 aliphatic rings. The minimum absolute atomic E-state index is 0.955. The van der Waals surface area contributed by atoms with E-state index in [4.69, 9.17) is 0 Å². The first-order valence-corrected chi connectivity index (χ1v) is 8.58. The molecule has 0 aromatic carbocycles. The Balaban J connectivity index is 1.93. The maximum absolute atomic E-state index is 4.23. The summed E-state index contributed by atoms with van der Waals surface area (Å²) in [7, 11) is 0. The van der Waals surface area contributed by atoms with Crippen molar-refractivity contribution in [3.05, 3.63) is 18.2 Å². The van der Waals surface area contributed by atoms with Crippen LogP contribution < -0.4 is 5.32 Å². The molecule has 1 rings (SSSR count). The van der Waals surface area contributed by atoms with Crippen molar-refractivity contribution in [2.45, 2.75) is 84.7 Å². The molecule has 3 heteroatoms. The van der Waals surface area contributed by atoms with Crippen molar-refractivity contribution < 1.29 is 0 Å². The molecular formula is C17H33N3. The van der Waals surface area contributed by atoms with Crippen LogP contribution in [0.5, 0.6) is 0 Å². The van der Waals surface area contributed by atoms with Crippen molar-refractivity contribution in [3.8, 4) is 0 Å². The van der Waals surface area contributed by atoms with E-state index in [0.717, 1.165) is 19.6 Å². The quantitative estimate of drug-likeness (QED) is 0.538. The van der Waals surface area contributed by atoms with Crippen LogP contribution in [0.2, 0.25) is 0 Å². The van der Waals surface area contributed by atoms with Crippen LogP contribution in [0.25, 0.3) is 0 Å². The summed E-state index contributed by atoms with van der Waals surface area (Å²) in [5, 5.41) is 3.54. The zero-order valence-corrected chi connectivity index (χ0v) is 13.5. The van der Waals surface area contributed by atoms with E-state index in [0.29, 0.717) is 0 Å². The molecular weight excluding hydrogens is 246 g/mol. The molecule has 1 N–H and O–H groups in total. The van der Waals surface area contributed by atoms with Crippen molar-refractivity contribution in [1.82, 2.24) is 14.9 Å². The predicted octanol–water partition coefficient (Wildman–Crippen LogP) is 4.52. The lowest BCUT2D eigenvalue weighted by Crippen LogP contribution is -2.17. The molecule has 0 radical (unpaired) electrons. The van der Waals surface area contributed by atoms with Crippen molar-refractivity contribution in [3.63, 3.8) is 0 Å². The summed E-state index contributed by atoms with van der Waals surface area (Å²) in [6, 6.07) is 0. The van der Waals surface area contributed by atoms with Gasteiger partial charge in [0.05, 0.1) is 12.0 Å². The van der Waals surface area contributed by atoms with E-state index >= 15 is 0 Å². The topological polar surface area (TPSA) is 29.9 Å². The van der Waals surface area contributed by atoms with E-state index in [-0.39, 0.29) is 0 Å². The van der Waals surface area contributed by atoms with Gasteiger partial charge in [-0.1, -0.05) is 58.8 Å². The standard InChI is InChI=1S/C17H33N3/c1-3-5-6-7-8-9-10-11-12-18-14-17-15-19-16-20(17)13-4-2/h15-16,18H,3-14H2,1-2H3. The van der Waals surface area contributed by atoms with E-state index in [1.165, 1.54) is 63.5 Å². The molecule has 20 heavy (non-hydrogen) atoms. The van der Waals surface area contributed by atoms with E-state index in [1.807, 2.05) is 12.5 Å². The maximum atomic E-state index is 4.23. The zero-order chi connectivity index (χ0) is 14.5. The van der Waals surface area contributed by atoms with Gasteiger partial charge in [-0.25, -0.2) is 4.98 Å². The van der Waals surface area contributed by atoms with E-state index in [2.05, 4.69) is 28.7 Å². The number of unbranched alkanes of at least 4 members (excludes halogenated alkanes) is 7. The highest BCUT2D eigenvalue weighted by molar-refractivity contribution is 4.97. The monoisotopic (exact) mass is 279 g/mol. The van der Waals surface area contributed by atoms with Crippen LogP contribution in [-0.2, 0) is 13.1 Å². The maximum Gasteiger partial charge on any atom is 0.0948 e. The third kappa shape index (κ3) is 7.68. The molecule has 0 amide bonds. The van der Waals surface area contributed by atoms with Gasteiger partial charge in [0.15, 0.2) is 0 Å². The first-order valence-electron chi connectivity index (χ1n) is 8.58. The Morgan fingerprint density at radius 2 is 1.65 bits per heavy atom. The lowest BCUT2D eigenvalue weighted by molar-refractivity contribution is 0.545. The van der Waals surface area contributed by atoms with Crippen molar-refractivity contribution in [2.24, 2.45) is 0 Å². The lowest BCUT2D eigenvalue weighted by atomic mass is 10.1. The van der Waals surface area contributed by atoms with Crippen molar-refractivity contribution >= 4 is 0 Å². The van der Waals surface area contributed by atoms with Crippen LogP contribution in [0.15, 0.2) is 12.5 Å². The second-order valence-corrected chi connectivity index (χ2v) is 5.73. The van der Waals surface area contributed by atoms with Gasteiger partial charge in [0.25, 0.3) is 0 Å². The zero-order valence-electron chi connectivity index (χ0n) is 13.5. The van der Waals surface area contributed by atoms with Gasteiger partial charge in [-0.3, -0.25) is 0 Å². The molecule has 0 spiro atoms. The Hall–Kier alpha value is -0.830. The Labute approximate surface area is 125 Å². The number of rotatable bonds is 13. The minimum atomic E-state index is 0.955. The molecule has 0 unspecified atom stereocenters. The Morgan fingerprint density at radius 3 is 2.35 bits per heavy atom. The number of aromatic nitrogens is 2. The van der Waals surface area contributed by atoms with E-state index in [9.17, 15) is 0 Å². The Kier molecular flexibility index (Phi) is 10.3. The molecule has 0 atom stereocenters. The van der Waals surface area contributed by atoms with Crippen LogP contribution in [0.4, 0.5) is 0 Å². The van der Waals surface area contributed by atoms with Crippen LogP contribution >= 0.6 is 0 Å². The molecule has 3 nitrogen and oxygen atoms in total. The molecule has 0 bridgehead atoms. The fraction of sp³-hybridized carbons (Fsp3) is 0.824. The number of nitrogens with one attached hydrogen (secondary N) is 1. The Morgan fingerprint density at radius 1 is 0.950 bits per heavy atom. The van der Waals surface area contributed by atoms with Gasteiger partial charge in [0.1, 0.15) is 0 Å². The van der Waals surface area contributed by atoms with Gasteiger partial charge in [-0.05, 0) is 19.4 Å². The summed E-state index contributed by atoms with van der Waals surface area (Å²) in [6.07, 6.45) is 16.2. The van der Waals surface area contributed by atoms with Gasteiger partial charge in [0.2, 0.25) is 0 Å². The van der Waals surface area contributed by atoms with Gasteiger partial charge in [-0.2, -0.15) is 0 Å². The highest BCUT2D eigenvalue weighted by atomic mass is 15.1. The fourth-order valence-corrected chi connectivity index (χ4v) is 2.54. The lowest BCUT2D eigenvalue weighted by Gasteiger charge is -2.08. The molecule has 0 saturated carbocycles. The Bertz CT molecular complexity index is 320. The average Bonchev–Trinajstić information content (AvgIpc) is 2.89. The molecule has 0 aliphatic heterocycles.